The summed E-state index contributed by atoms with van der Waals surface area (Å²) in [6.45, 7) is 0.730. The molecule has 0 aliphatic carbocycles. The lowest BCUT2D eigenvalue weighted by molar-refractivity contribution is -0.111. The van der Waals surface area contributed by atoms with Gasteiger partial charge >= 0.3 is 0 Å². The van der Waals surface area contributed by atoms with E-state index in [9.17, 15) is 4.79 Å². The molecule has 0 spiro atoms. The van der Waals surface area contributed by atoms with Gasteiger partial charge in [-0.2, -0.15) is 0 Å². The topological polar surface area (TPSA) is 26.3 Å². The number of hydrogen-bond donors (Lipinski definition) is 0. The summed E-state index contributed by atoms with van der Waals surface area (Å²) in [5.41, 5.74) is 0. The fourth-order valence-electron chi connectivity index (χ4n) is 0.585. The summed E-state index contributed by atoms with van der Waals surface area (Å²) in [7, 11) is 0. The molecule has 0 radical (unpaired) electrons. The predicted octanol–water partition coefficient (Wildman–Crippen LogP) is 0.870. The van der Waals surface area contributed by atoms with Gasteiger partial charge in [0.25, 0.3) is 0 Å². The molecule has 1 aliphatic heterocycles. The Kier molecular flexibility index (Phi) is 2.36. The van der Waals surface area contributed by atoms with E-state index in [4.69, 9.17) is 4.18 Å². The minimum Gasteiger partial charge on any atom is -0.315 e. The molecule has 8 heavy (non-hydrogen) atoms. The lowest BCUT2D eigenvalue weighted by atomic mass is 10.1. The summed E-state index contributed by atoms with van der Waals surface area (Å²) in [4.78, 5) is 10.1. The van der Waals surface area contributed by atoms with E-state index in [-0.39, 0.29) is 5.92 Å². The van der Waals surface area contributed by atoms with Crippen molar-refractivity contribution in [2.24, 2.45) is 5.92 Å². The van der Waals surface area contributed by atoms with Crippen molar-refractivity contribution in [1.29, 1.82) is 0 Å². The molecule has 0 aromatic carbocycles. The fraction of sp³-hybridized carbons (Fsp3) is 0.800. The highest BCUT2D eigenvalue weighted by atomic mass is 32.2. The maximum absolute atomic E-state index is 10.1. The Hall–Kier alpha value is -0.0200. The zero-order valence-electron chi connectivity index (χ0n) is 4.50. The van der Waals surface area contributed by atoms with Crippen LogP contribution >= 0.6 is 12.0 Å². The lowest BCUT2D eigenvalue weighted by Gasteiger charge is -2.14. The first-order chi connectivity index (χ1) is 3.93. The number of carbonyl (C=O) groups excluding carboxylic acids is 1. The standard InChI is InChI=1S/C5H8O2S/c6-3-5-1-2-7-8-4-5/h3,5H,1-2,4H2. The summed E-state index contributed by atoms with van der Waals surface area (Å²) in [5.74, 6) is 1.08. The minimum absolute atomic E-state index is 0.244. The highest BCUT2D eigenvalue weighted by Gasteiger charge is 2.12. The quantitative estimate of drug-likeness (QED) is 0.391. The summed E-state index contributed by atoms with van der Waals surface area (Å²) in [6.07, 6.45) is 1.91. The zero-order valence-corrected chi connectivity index (χ0v) is 5.32. The van der Waals surface area contributed by atoms with Gasteiger partial charge in [0.05, 0.1) is 6.61 Å². The highest BCUT2D eigenvalue weighted by molar-refractivity contribution is 7.94. The van der Waals surface area contributed by atoms with Crippen LogP contribution in [0.4, 0.5) is 0 Å². The number of aldehydes is 1. The predicted molar refractivity (Wildman–Crippen MR) is 32.6 cm³/mol. The van der Waals surface area contributed by atoms with Crippen molar-refractivity contribution in [3.05, 3.63) is 0 Å². The number of rotatable bonds is 1. The lowest BCUT2D eigenvalue weighted by Crippen LogP contribution is -2.13. The van der Waals surface area contributed by atoms with Gasteiger partial charge in [0.15, 0.2) is 0 Å². The van der Waals surface area contributed by atoms with Crippen LogP contribution in [0.5, 0.6) is 0 Å². The second kappa shape index (κ2) is 3.10. The molecule has 1 fully saturated rings. The molecule has 0 N–H and O–H groups in total. The number of carbonyl (C=O) groups is 1. The summed E-state index contributed by atoms with van der Waals surface area (Å²) in [5, 5.41) is 0. The molecular weight excluding hydrogens is 124 g/mol. The van der Waals surface area contributed by atoms with Gasteiger partial charge in [0.1, 0.15) is 6.29 Å². The van der Waals surface area contributed by atoms with E-state index in [2.05, 4.69) is 0 Å². The maximum atomic E-state index is 10.1. The normalized spacial score (nSPS) is 29.8. The van der Waals surface area contributed by atoms with Crippen molar-refractivity contribution in [1.82, 2.24) is 0 Å². The van der Waals surface area contributed by atoms with Gasteiger partial charge in [-0.05, 0) is 18.5 Å². The van der Waals surface area contributed by atoms with Crippen LogP contribution in [0.25, 0.3) is 0 Å². The van der Waals surface area contributed by atoms with Crippen molar-refractivity contribution in [3.63, 3.8) is 0 Å². The second-order valence-electron chi connectivity index (χ2n) is 1.79. The smallest absolute Gasteiger partial charge is 0.124 e. The van der Waals surface area contributed by atoms with Gasteiger partial charge in [0.2, 0.25) is 0 Å². The summed E-state index contributed by atoms with van der Waals surface area (Å²) in [6, 6.07) is 0. The molecule has 1 heterocycles. The van der Waals surface area contributed by atoms with Crippen LogP contribution < -0.4 is 0 Å². The molecule has 0 amide bonds. The Morgan fingerprint density at radius 3 is 3.00 bits per heavy atom. The van der Waals surface area contributed by atoms with E-state index in [1.54, 1.807) is 0 Å². The first-order valence-corrected chi connectivity index (χ1v) is 3.54. The molecule has 1 aliphatic rings. The van der Waals surface area contributed by atoms with Crippen LogP contribution in [0, 0.1) is 5.92 Å². The highest BCUT2D eigenvalue weighted by Crippen LogP contribution is 2.17. The molecule has 1 unspecified atom stereocenters. The molecular formula is C5H8O2S. The van der Waals surface area contributed by atoms with Crippen molar-refractivity contribution < 1.29 is 8.98 Å². The van der Waals surface area contributed by atoms with Gasteiger partial charge in [-0.1, -0.05) is 0 Å². The molecule has 0 aromatic rings. The fourth-order valence-corrected chi connectivity index (χ4v) is 1.31. The largest absolute Gasteiger partial charge is 0.315 e. The van der Waals surface area contributed by atoms with Gasteiger partial charge in [0, 0.05) is 11.7 Å². The Labute approximate surface area is 52.8 Å². The number of hydrogen-bond acceptors (Lipinski definition) is 3. The Morgan fingerprint density at radius 2 is 2.62 bits per heavy atom. The van der Waals surface area contributed by atoms with Crippen LogP contribution in [-0.4, -0.2) is 18.6 Å². The van der Waals surface area contributed by atoms with Crippen LogP contribution in [0.2, 0.25) is 0 Å². The minimum atomic E-state index is 0.244. The molecule has 0 saturated carbocycles. The van der Waals surface area contributed by atoms with Gasteiger partial charge in [-0.15, -0.1) is 0 Å². The van der Waals surface area contributed by atoms with E-state index < -0.39 is 0 Å². The van der Waals surface area contributed by atoms with Gasteiger partial charge in [-0.3, -0.25) is 0 Å². The third kappa shape index (κ3) is 1.49. The van der Waals surface area contributed by atoms with Crippen LogP contribution in [0.1, 0.15) is 6.42 Å². The molecule has 1 atom stereocenters. The molecule has 46 valence electrons. The van der Waals surface area contributed by atoms with Gasteiger partial charge in [-0.25, -0.2) is 0 Å². The van der Waals surface area contributed by atoms with Crippen molar-refractivity contribution in [2.75, 3.05) is 12.4 Å². The molecule has 0 bridgehead atoms. The third-order valence-electron chi connectivity index (χ3n) is 1.13. The van der Waals surface area contributed by atoms with Crippen LogP contribution in [0.3, 0.4) is 0 Å². The third-order valence-corrected chi connectivity index (χ3v) is 2.03. The van der Waals surface area contributed by atoms with E-state index in [1.807, 2.05) is 0 Å². The summed E-state index contributed by atoms with van der Waals surface area (Å²) < 4.78 is 4.96. The van der Waals surface area contributed by atoms with Crippen molar-refractivity contribution >= 4 is 18.3 Å². The Balaban J connectivity index is 2.22. The van der Waals surface area contributed by atoms with Crippen molar-refractivity contribution in [2.45, 2.75) is 6.42 Å². The summed E-state index contributed by atoms with van der Waals surface area (Å²) >= 11 is 1.40. The first-order valence-electron chi connectivity index (χ1n) is 2.63. The molecule has 1 rings (SSSR count). The van der Waals surface area contributed by atoms with E-state index in [0.717, 1.165) is 25.1 Å². The first kappa shape index (κ1) is 6.11. The molecule has 3 heteroatoms. The molecule has 1 saturated heterocycles. The monoisotopic (exact) mass is 132 g/mol. The second-order valence-corrected chi connectivity index (χ2v) is 2.60. The van der Waals surface area contributed by atoms with Crippen LogP contribution in [-0.2, 0) is 8.98 Å². The average molecular weight is 132 g/mol. The SMILES string of the molecule is O=CC1CCOSC1. The molecule has 2 nitrogen and oxygen atoms in total. The Bertz CT molecular complexity index is 78.5. The zero-order chi connectivity index (χ0) is 5.82. The van der Waals surface area contributed by atoms with E-state index in [0.29, 0.717) is 0 Å². The van der Waals surface area contributed by atoms with E-state index in [1.165, 1.54) is 12.0 Å². The maximum Gasteiger partial charge on any atom is 0.124 e. The van der Waals surface area contributed by atoms with Gasteiger partial charge < -0.3 is 8.98 Å². The van der Waals surface area contributed by atoms with Crippen molar-refractivity contribution in [3.8, 4) is 0 Å². The van der Waals surface area contributed by atoms with Crippen LogP contribution in [0.15, 0.2) is 0 Å². The molecule has 0 aromatic heterocycles. The average Bonchev–Trinajstić information content (AvgIpc) is 1.90. The van der Waals surface area contributed by atoms with E-state index >= 15 is 0 Å². The Morgan fingerprint density at radius 1 is 1.75 bits per heavy atom.